The Morgan fingerprint density at radius 3 is 2.38 bits per heavy atom. The lowest BCUT2D eigenvalue weighted by Gasteiger charge is -2.38. The van der Waals surface area contributed by atoms with Crippen molar-refractivity contribution >= 4 is 11.6 Å². The Morgan fingerprint density at radius 1 is 1.12 bits per heavy atom. The van der Waals surface area contributed by atoms with Crippen LogP contribution >= 0.6 is 0 Å². The van der Waals surface area contributed by atoms with Crippen LogP contribution in [0, 0.1) is 6.92 Å². The van der Waals surface area contributed by atoms with Crippen LogP contribution < -0.4 is 11.1 Å². The Morgan fingerprint density at radius 2 is 1.77 bits per heavy atom. The summed E-state index contributed by atoms with van der Waals surface area (Å²) in [5.41, 5.74) is 10.4. The molecule has 0 aromatic heterocycles. The molecule has 1 amide bonds. The van der Waals surface area contributed by atoms with Gasteiger partial charge in [0.25, 0.3) is 0 Å². The van der Waals surface area contributed by atoms with Gasteiger partial charge in [0.1, 0.15) is 0 Å². The van der Waals surface area contributed by atoms with Gasteiger partial charge < -0.3 is 11.1 Å². The van der Waals surface area contributed by atoms with Crippen LogP contribution in [0.5, 0.6) is 0 Å². The molecule has 0 atom stereocenters. The summed E-state index contributed by atoms with van der Waals surface area (Å²) >= 11 is 0. The van der Waals surface area contributed by atoms with Crippen LogP contribution in [0.15, 0.2) is 48.5 Å². The van der Waals surface area contributed by atoms with Gasteiger partial charge in [-0.15, -0.1) is 0 Å². The van der Waals surface area contributed by atoms with E-state index in [1.165, 1.54) is 16.7 Å². The molecule has 1 saturated heterocycles. The number of amides is 1. The average molecular weight is 351 g/mol. The second-order valence-electron chi connectivity index (χ2n) is 7.36. The molecule has 4 heteroatoms. The first-order valence-corrected chi connectivity index (χ1v) is 9.46. The molecule has 0 bridgehead atoms. The monoisotopic (exact) mass is 351 g/mol. The van der Waals surface area contributed by atoms with Gasteiger partial charge in [-0.05, 0) is 55.0 Å². The van der Waals surface area contributed by atoms with Gasteiger partial charge in [-0.1, -0.05) is 43.3 Å². The highest BCUT2D eigenvalue weighted by molar-refractivity contribution is 5.98. The fourth-order valence-electron chi connectivity index (χ4n) is 3.44. The number of benzene rings is 2. The number of anilines is 1. The minimum Gasteiger partial charge on any atom is -0.324 e. The number of hydrogen-bond acceptors (Lipinski definition) is 3. The van der Waals surface area contributed by atoms with Crippen LogP contribution in [0.3, 0.4) is 0 Å². The fourth-order valence-corrected chi connectivity index (χ4v) is 3.44. The van der Waals surface area contributed by atoms with Gasteiger partial charge in [-0.3, -0.25) is 9.69 Å². The van der Waals surface area contributed by atoms with Gasteiger partial charge in [0, 0.05) is 25.3 Å². The van der Waals surface area contributed by atoms with Crippen molar-refractivity contribution in [1.29, 1.82) is 0 Å². The lowest BCUT2D eigenvalue weighted by atomic mass is 9.87. The number of nitrogens with zero attached hydrogens (tertiary/aromatic N) is 1. The Labute approximate surface area is 156 Å². The predicted octanol–water partition coefficient (Wildman–Crippen LogP) is 3.49. The van der Waals surface area contributed by atoms with Crippen molar-refractivity contribution in [2.24, 2.45) is 5.73 Å². The van der Waals surface area contributed by atoms with Crippen LogP contribution in [-0.4, -0.2) is 29.4 Å². The van der Waals surface area contributed by atoms with E-state index in [4.69, 9.17) is 5.73 Å². The molecule has 1 aliphatic heterocycles. The number of nitrogens with two attached hydrogens (primary N) is 1. The van der Waals surface area contributed by atoms with E-state index in [2.05, 4.69) is 48.3 Å². The predicted molar refractivity (Wildman–Crippen MR) is 107 cm³/mol. The number of carbonyl (C=O) groups is 1. The Hall–Kier alpha value is -2.17. The van der Waals surface area contributed by atoms with Crippen LogP contribution in [0.2, 0.25) is 0 Å². The first-order valence-electron chi connectivity index (χ1n) is 9.46. The Balaban J connectivity index is 1.56. The van der Waals surface area contributed by atoms with Crippen molar-refractivity contribution in [1.82, 2.24) is 4.90 Å². The number of likely N-dealkylation sites (tertiary alicyclic amines) is 1. The van der Waals surface area contributed by atoms with Crippen LogP contribution in [-0.2, 0) is 17.8 Å². The topological polar surface area (TPSA) is 58.4 Å². The number of hydrogen-bond donors (Lipinski definition) is 2. The van der Waals surface area contributed by atoms with Crippen LogP contribution in [0.4, 0.5) is 5.69 Å². The third-order valence-electron chi connectivity index (χ3n) is 5.48. The molecule has 0 unspecified atom stereocenters. The maximum atomic E-state index is 12.7. The van der Waals surface area contributed by atoms with Crippen molar-refractivity contribution in [3.05, 3.63) is 65.2 Å². The molecule has 0 radical (unpaired) electrons. The molecule has 3 rings (SSSR count). The highest BCUT2D eigenvalue weighted by Crippen LogP contribution is 2.24. The third kappa shape index (κ3) is 4.32. The van der Waals surface area contributed by atoms with Gasteiger partial charge >= 0.3 is 0 Å². The van der Waals surface area contributed by atoms with Crippen LogP contribution in [0.25, 0.3) is 0 Å². The normalized spacial score (nSPS) is 17.0. The minimum absolute atomic E-state index is 0.0720. The molecule has 3 N–H and O–H groups in total. The molecule has 4 nitrogen and oxygen atoms in total. The molecule has 1 heterocycles. The summed E-state index contributed by atoms with van der Waals surface area (Å²) in [6.07, 6.45) is 2.35. The van der Waals surface area contributed by atoms with E-state index in [0.717, 1.165) is 31.7 Å². The zero-order valence-electron chi connectivity index (χ0n) is 15.8. The van der Waals surface area contributed by atoms with Gasteiger partial charge in [0.05, 0.1) is 5.54 Å². The molecule has 1 aliphatic rings. The third-order valence-corrected chi connectivity index (χ3v) is 5.48. The van der Waals surface area contributed by atoms with Gasteiger partial charge in [0.15, 0.2) is 0 Å². The van der Waals surface area contributed by atoms with Gasteiger partial charge in [-0.2, -0.15) is 0 Å². The van der Waals surface area contributed by atoms with Crippen LogP contribution in [0.1, 0.15) is 36.5 Å². The SMILES string of the molecule is CCc1ccc(NC(=O)C2(N)CCN(Cc3ccccc3C)CC2)cc1. The second kappa shape index (κ2) is 8.02. The van der Waals surface area contributed by atoms with Crippen molar-refractivity contribution < 1.29 is 4.79 Å². The van der Waals surface area contributed by atoms with E-state index in [0.29, 0.717) is 12.8 Å². The number of piperidine rings is 1. The first kappa shape index (κ1) is 18.6. The van der Waals surface area contributed by atoms with E-state index in [1.807, 2.05) is 24.3 Å². The average Bonchev–Trinajstić information content (AvgIpc) is 2.66. The van der Waals surface area contributed by atoms with Gasteiger partial charge in [-0.25, -0.2) is 0 Å². The van der Waals surface area contributed by atoms with E-state index < -0.39 is 5.54 Å². The summed E-state index contributed by atoms with van der Waals surface area (Å²) in [6.45, 7) is 6.86. The zero-order chi connectivity index (χ0) is 18.6. The quantitative estimate of drug-likeness (QED) is 0.867. The van der Waals surface area contributed by atoms with Crippen molar-refractivity contribution in [3.8, 4) is 0 Å². The second-order valence-corrected chi connectivity index (χ2v) is 7.36. The van der Waals surface area contributed by atoms with E-state index in [1.54, 1.807) is 0 Å². The molecule has 1 fully saturated rings. The standard InChI is InChI=1S/C22H29N3O/c1-3-18-8-10-20(11-9-18)24-21(26)22(23)12-14-25(15-13-22)16-19-7-5-4-6-17(19)2/h4-11H,3,12-16,23H2,1-2H3,(H,24,26). The maximum absolute atomic E-state index is 12.7. The van der Waals surface area contributed by atoms with Crippen molar-refractivity contribution in [2.45, 2.75) is 45.2 Å². The summed E-state index contributed by atoms with van der Waals surface area (Å²) in [6, 6.07) is 16.5. The van der Waals surface area contributed by atoms with Crippen molar-refractivity contribution in [2.75, 3.05) is 18.4 Å². The maximum Gasteiger partial charge on any atom is 0.244 e. The molecular weight excluding hydrogens is 322 g/mol. The lowest BCUT2D eigenvalue weighted by molar-refractivity contribution is -0.122. The molecule has 138 valence electrons. The number of rotatable bonds is 5. The highest BCUT2D eigenvalue weighted by Gasteiger charge is 2.37. The first-order chi connectivity index (χ1) is 12.5. The summed E-state index contributed by atoms with van der Waals surface area (Å²) in [4.78, 5) is 15.1. The molecule has 0 aliphatic carbocycles. The molecule has 2 aromatic rings. The van der Waals surface area contributed by atoms with E-state index >= 15 is 0 Å². The van der Waals surface area contributed by atoms with E-state index in [9.17, 15) is 4.79 Å². The van der Waals surface area contributed by atoms with Crippen molar-refractivity contribution in [3.63, 3.8) is 0 Å². The summed E-state index contributed by atoms with van der Waals surface area (Å²) in [5.74, 6) is -0.0720. The minimum atomic E-state index is -0.786. The molecular formula is C22H29N3O. The zero-order valence-corrected chi connectivity index (χ0v) is 15.8. The summed E-state index contributed by atoms with van der Waals surface area (Å²) < 4.78 is 0. The number of nitrogens with one attached hydrogen (secondary N) is 1. The largest absolute Gasteiger partial charge is 0.324 e. The lowest BCUT2D eigenvalue weighted by Crippen LogP contribution is -2.57. The molecule has 2 aromatic carbocycles. The number of aryl methyl sites for hydroxylation is 2. The van der Waals surface area contributed by atoms with E-state index in [-0.39, 0.29) is 5.91 Å². The molecule has 0 spiro atoms. The number of carbonyl (C=O) groups excluding carboxylic acids is 1. The Bertz CT molecular complexity index is 746. The molecule has 0 saturated carbocycles. The summed E-state index contributed by atoms with van der Waals surface area (Å²) in [5, 5.41) is 2.99. The molecule has 26 heavy (non-hydrogen) atoms. The smallest absolute Gasteiger partial charge is 0.244 e. The summed E-state index contributed by atoms with van der Waals surface area (Å²) in [7, 11) is 0. The van der Waals surface area contributed by atoms with Gasteiger partial charge in [0.2, 0.25) is 5.91 Å². The Kier molecular flexibility index (Phi) is 5.74. The highest BCUT2D eigenvalue weighted by atomic mass is 16.2. The fraction of sp³-hybridized carbons (Fsp3) is 0.409.